The Morgan fingerprint density at radius 1 is 1.44 bits per heavy atom. The highest BCUT2D eigenvalue weighted by atomic mass is 35.5. The minimum absolute atomic E-state index is 0.212. The maximum absolute atomic E-state index is 11.3. The Bertz CT molecular complexity index is 443. The summed E-state index contributed by atoms with van der Waals surface area (Å²) in [5.41, 5.74) is -0.212. The van der Waals surface area contributed by atoms with Crippen LogP contribution in [-0.2, 0) is 14.9 Å². The third kappa shape index (κ3) is 3.84. The fourth-order valence-corrected chi connectivity index (χ4v) is 1.47. The van der Waals surface area contributed by atoms with Crippen molar-refractivity contribution in [3.05, 3.63) is 17.0 Å². The molecule has 100 valence electrons. The third-order valence-electron chi connectivity index (χ3n) is 2.28. The van der Waals surface area contributed by atoms with E-state index in [9.17, 15) is 4.79 Å². The third-order valence-corrected chi connectivity index (χ3v) is 2.48. The molecule has 1 aromatic heterocycles. The lowest BCUT2D eigenvalue weighted by atomic mass is 9.96. The summed E-state index contributed by atoms with van der Waals surface area (Å²) in [4.78, 5) is 19.8. The van der Waals surface area contributed by atoms with Crippen molar-refractivity contribution in [1.29, 1.82) is 0 Å². The van der Waals surface area contributed by atoms with E-state index in [4.69, 9.17) is 11.6 Å². The van der Waals surface area contributed by atoms with E-state index in [-0.39, 0.29) is 11.4 Å². The maximum Gasteiger partial charge on any atom is 0.328 e. The summed E-state index contributed by atoms with van der Waals surface area (Å²) in [6.07, 6.45) is 0. The van der Waals surface area contributed by atoms with E-state index in [0.29, 0.717) is 16.8 Å². The second-order valence-electron chi connectivity index (χ2n) is 5.04. The van der Waals surface area contributed by atoms with Gasteiger partial charge in [0, 0.05) is 11.5 Å². The molecule has 5 nitrogen and oxygen atoms in total. The number of nitrogens with one attached hydrogen (secondary N) is 1. The Balaban J connectivity index is 2.97. The summed E-state index contributed by atoms with van der Waals surface area (Å²) in [5, 5.41) is 3.28. The van der Waals surface area contributed by atoms with Crippen LogP contribution in [0.3, 0.4) is 0 Å². The van der Waals surface area contributed by atoms with Crippen molar-refractivity contribution in [2.75, 3.05) is 12.4 Å². The standard InChI is InChI=1S/C12H18ClN3O2/c1-7(10(17)18-5)14-9-6-8(13)15-11(16-9)12(2,3)4/h6-7H,1-5H3,(H,14,15,16). The fraction of sp³-hybridized carbons (Fsp3) is 0.583. The molecule has 0 aliphatic carbocycles. The van der Waals surface area contributed by atoms with Crippen LogP contribution >= 0.6 is 11.6 Å². The van der Waals surface area contributed by atoms with E-state index in [0.717, 1.165) is 0 Å². The molecule has 1 N–H and O–H groups in total. The van der Waals surface area contributed by atoms with Gasteiger partial charge in [-0.2, -0.15) is 0 Å². The average Bonchev–Trinajstić information content (AvgIpc) is 2.25. The van der Waals surface area contributed by atoms with Crippen molar-refractivity contribution in [2.24, 2.45) is 0 Å². The van der Waals surface area contributed by atoms with Gasteiger partial charge in [-0.3, -0.25) is 0 Å². The molecule has 0 saturated carbocycles. The topological polar surface area (TPSA) is 64.1 Å². The predicted molar refractivity (Wildman–Crippen MR) is 70.8 cm³/mol. The Labute approximate surface area is 112 Å². The van der Waals surface area contributed by atoms with Gasteiger partial charge in [0.2, 0.25) is 0 Å². The smallest absolute Gasteiger partial charge is 0.328 e. The molecule has 1 atom stereocenters. The fourth-order valence-electron chi connectivity index (χ4n) is 1.28. The summed E-state index contributed by atoms with van der Waals surface area (Å²) in [6.45, 7) is 7.67. The first-order valence-corrected chi connectivity index (χ1v) is 6.01. The molecule has 0 spiro atoms. The van der Waals surface area contributed by atoms with Gasteiger partial charge in [0.25, 0.3) is 0 Å². The number of carbonyl (C=O) groups is 1. The number of halogens is 1. The van der Waals surface area contributed by atoms with Gasteiger partial charge < -0.3 is 10.1 Å². The normalized spacial score (nSPS) is 13.0. The van der Waals surface area contributed by atoms with Crippen LogP contribution in [-0.4, -0.2) is 29.1 Å². The zero-order valence-electron chi connectivity index (χ0n) is 11.2. The Morgan fingerprint density at radius 2 is 2.06 bits per heavy atom. The van der Waals surface area contributed by atoms with Crippen LogP contribution in [0.25, 0.3) is 0 Å². The van der Waals surface area contributed by atoms with E-state index >= 15 is 0 Å². The van der Waals surface area contributed by atoms with Crippen molar-refractivity contribution in [2.45, 2.75) is 39.2 Å². The summed E-state index contributed by atoms with van der Waals surface area (Å²) in [6, 6.07) is 1.09. The minimum Gasteiger partial charge on any atom is -0.467 e. The highest BCUT2D eigenvalue weighted by Crippen LogP contribution is 2.22. The minimum atomic E-state index is -0.492. The molecule has 1 rings (SSSR count). The summed E-state index contributed by atoms with van der Waals surface area (Å²) in [5.74, 6) is 0.773. The zero-order chi connectivity index (χ0) is 13.9. The number of ether oxygens (including phenoxy) is 1. The van der Waals surface area contributed by atoms with Gasteiger partial charge in [-0.1, -0.05) is 32.4 Å². The Hall–Kier alpha value is -1.36. The van der Waals surface area contributed by atoms with E-state index in [1.54, 1.807) is 13.0 Å². The predicted octanol–water partition coefficient (Wildman–Crippen LogP) is 2.40. The van der Waals surface area contributed by atoms with Crippen molar-refractivity contribution in [1.82, 2.24) is 9.97 Å². The van der Waals surface area contributed by atoms with Gasteiger partial charge in [-0.15, -0.1) is 0 Å². The molecule has 1 heterocycles. The monoisotopic (exact) mass is 271 g/mol. The zero-order valence-corrected chi connectivity index (χ0v) is 12.0. The van der Waals surface area contributed by atoms with Gasteiger partial charge in [0.15, 0.2) is 0 Å². The number of carbonyl (C=O) groups excluding carboxylic acids is 1. The molecule has 1 unspecified atom stereocenters. The molecule has 1 aromatic rings. The summed E-state index contributed by atoms with van der Waals surface area (Å²) >= 11 is 5.95. The van der Waals surface area contributed by atoms with E-state index < -0.39 is 6.04 Å². The van der Waals surface area contributed by atoms with E-state index in [1.807, 2.05) is 20.8 Å². The molecule has 0 radical (unpaired) electrons. The Morgan fingerprint density at radius 3 is 2.56 bits per heavy atom. The van der Waals surface area contributed by atoms with Gasteiger partial charge in [0.1, 0.15) is 22.8 Å². The van der Waals surface area contributed by atoms with E-state index in [2.05, 4.69) is 20.0 Å². The molecular formula is C12H18ClN3O2. The van der Waals surface area contributed by atoms with Crippen molar-refractivity contribution >= 4 is 23.4 Å². The van der Waals surface area contributed by atoms with Gasteiger partial charge in [0.05, 0.1) is 7.11 Å². The van der Waals surface area contributed by atoms with Crippen LogP contribution in [0.4, 0.5) is 5.82 Å². The molecule has 0 aromatic carbocycles. The lowest BCUT2D eigenvalue weighted by Gasteiger charge is -2.19. The molecule has 0 saturated heterocycles. The molecule has 0 aliphatic rings. The number of rotatable bonds is 3. The quantitative estimate of drug-likeness (QED) is 0.676. The van der Waals surface area contributed by atoms with Gasteiger partial charge >= 0.3 is 5.97 Å². The van der Waals surface area contributed by atoms with Gasteiger partial charge in [-0.05, 0) is 6.92 Å². The SMILES string of the molecule is COC(=O)C(C)Nc1cc(Cl)nc(C(C)(C)C)n1. The number of hydrogen-bond acceptors (Lipinski definition) is 5. The number of hydrogen-bond donors (Lipinski definition) is 1. The van der Waals surface area contributed by atoms with Crippen LogP contribution in [0.2, 0.25) is 5.15 Å². The molecular weight excluding hydrogens is 254 g/mol. The highest BCUT2D eigenvalue weighted by molar-refractivity contribution is 6.29. The van der Waals surface area contributed by atoms with E-state index in [1.165, 1.54) is 7.11 Å². The largest absolute Gasteiger partial charge is 0.467 e. The number of nitrogens with zero attached hydrogens (tertiary/aromatic N) is 2. The molecule has 6 heteroatoms. The first kappa shape index (κ1) is 14.7. The lowest BCUT2D eigenvalue weighted by molar-refractivity contribution is -0.141. The van der Waals surface area contributed by atoms with Crippen LogP contribution in [0.5, 0.6) is 0 Å². The van der Waals surface area contributed by atoms with Crippen LogP contribution < -0.4 is 5.32 Å². The molecule has 0 aliphatic heterocycles. The molecule has 0 bridgehead atoms. The van der Waals surface area contributed by atoms with Crippen LogP contribution in [0.1, 0.15) is 33.5 Å². The second-order valence-corrected chi connectivity index (χ2v) is 5.43. The number of anilines is 1. The molecule has 0 fully saturated rings. The van der Waals surface area contributed by atoms with Crippen LogP contribution in [0, 0.1) is 0 Å². The summed E-state index contributed by atoms with van der Waals surface area (Å²) < 4.78 is 4.63. The van der Waals surface area contributed by atoms with Gasteiger partial charge in [-0.25, -0.2) is 14.8 Å². The number of esters is 1. The first-order valence-electron chi connectivity index (χ1n) is 5.63. The maximum atomic E-state index is 11.3. The Kier molecular flexibility index (Phi) is 4.51. The van der Waals surface area contributed by atoms with Crippen LogP contribution in [0.15, 0.2) is 6.07 Å². The second kappa shape index (κ2) is 5.52. The van der Waals surface area contributed by atoms with Crippen molar-refractivity contribution in [3.8, 4) is 0 Å². The first-order chi connectivity index (χ1) is 8.24. The lowest BCUT2D eigenvalue weighted by Crippen LogP contribution is -2.28. The number of aromatic nitrogens is 2. The molecule has 0 amide bonds. The average molecular weight is 272 g/mol. The van der Waals surface area contributed by atoms with Crippen molar-refractivity contribution < 1.29 is 9.53 Å². The number of methoxy groups -OCH3 is 1. The highest BCUT2D eigenvalue weighted by Gasteiger charge is 2.20. The molecule has 18 heavy (non-hydrogen) atoms. The summed E-state index contributed by atoms with van der Waals surface area (Å²) in [7, 11) is 1.34. The van der Waals surface area contributed by atoms with Crippen molar-refractivity contribution in [3.63, 3.8) is 0 Å².